The summed E-state index contributed by atoms with van der Waals surface area (Å²) in [4.78, 5) is 12.3. The van der Waals surface area contributed by atoms with Gasteiger partial charge in [-0.1, -0.05) is 18.5 Å². The largest absolute Gasteiger partial charge is 0.496 e. The molecule has 116 valence electrons. The lowest BCUT2D eigenvalue weighted by Gasteiger charge is -2.28. The van der Waals surface area contributed by atoms with Gasteiger partial charge in [-0.3, -0.25) is 4.79 Å². The molecule has 1 amide bonds. The molecule has 1 aliphatic rings. The van der Waals surface area contributed by atoms with E-state index in [2.05, 4.69) is 12.2 Å². The molecule has 21 heavy (non-hydrogen) atoms. The summed E-state index contributed by atoms with van der Waals surface area (Å²) in [5.74, 6) is 0.853. The summed E-state index contributed by atoms with van der Waals surface area (Å²) in [6, 6.07) is 5.40. The highest BCUT2D eigenvalue weighted by atomic mass is 35.5. The molecule has 2 atom stereocenters. The van der Waals surface area contributed by atoms with Crippen LogP contribution in [0.4, 0.5) is 0 Å². The number of methoxy groups -OCH3 is 1. The Morgan fingerprint density at radius 2 is 2.33 bits per heavy atom. The van der Waals surface area contributed by atoms with Gasteiger partial charge in [-0.25, -0.2) is 0 Å². The van der Waals surface area contributed by atoms with E-state index in [4.69, 9.17) is 21.1 Å². The number of hydrogen-bond donors (Lipinski definition) is 1. The number of ether oxygens (including phenoxy) is 2. The van der Waals surface area contributed by atoms with Gasteiger partial charge in [0.2, 0.25) is 5.91 Å². The van der Waals surface area contributed by atoms with Crippen molar-refractivity contribution >= 4 is 17.5 Å². The van der Waals surface area contributed by atoms with Gasteiger partial charge in [0.25, 0.3) is 0 Å². The average molecular weight is 312 g/mol. The SMILES string of the molecule is CCC1CC(C(=O)NCc2cc(Cl)ccc2OC)CCO1. The standard InChI is InChI=1S/C16H22ClNO3/c1-3-14-9-11(6-7-21-14)16(19)18-10-12-8-13(17)4-5-15(12)20-2/h4-5,8,11,14H,3,6-7,9-10H2,1-2H3,(H,18,19). The van der Waals surface area contributed by atoms with Gasteiger partial charge in [0, 0.05) is 29.7 Å². The smallest absolute Gasteiger partial charge is 0.223 e. The summed E-state index contributed by atoms with van der Waals surface area (Å²) in [6.45, 7) is 3.18. The lowest BCUT2D eigenvalue weighted by Crippen LogP contribution is -2.36. The van der Waals surface area contributed by atoms with Crippen molar-refractivity contribution < 1.29 is 14.3 Å². The van der Waals surface area contributed by atoms with Crippen LogP contribution in [0.1, 0.15) is 31.7 Å². The van der Waals surface area contributed by atoms with Crippen LogP contribution in [0, 0.1) is 5.92 Å². The summed E-state index contributed by atoms with van der Waals surface area (Å²) in [5, 5.41) is 3.62. The molecule has 1 heterocycles. The van der Waals surface area contributed by atoms with Crippen LogP contribution in [-0.4, -0.2) is 25.7 Å². The molecule has 5 heteroatoms. The van der Waals surface area contributed by atoms with Gasteiger partial charge >= 0.3 is 0 Å². The summed E-state index contributed by atoms with van der Waals surface area (Å²) in [5.41, 5.74) is 0.887. The van der Waals surface area contributed by atoms with E-state index in [0.717, 1.165) is 30.6 Å². The van der Waals surface area contributed by atoms with Crippen LogP contribution in [0.15, 0.2) is 18.2 Å². The molecule has 1 fully saturated rings. The number of carbonyl (C=O) groups excluding carboxylic acids is 1. The predicted molar refractivity (Wildman–Crippen MR) is 82.6 cm³/mol. The molecule has 0 radical (unpaired) electrons. The molecule has 1 saturated heterocycles. The van der Waals surface area contributed by atoms with Crippen molar-refractivity contribution in [2.45, 2.75) is 38.8 Å². The highest BCUT2D eigenvalue weighted by Crippen LogP contribution is 2.24. The lowest BCUT2D eigenvalue weighted by atomic mass is 9.93. The topological polar surface area (TPSA) is 47.6 Å². The van der Waals surface area contributed by atoms with Crippen LogP contribution < -0.4 is 10.1 Å². The van der Waals surface area contributed by atoms with E-state index >= 15 is 0 Å². The third-order valence-electron chi connectivity index (χ3n) is 3.89. The van der Waals surface area contributed by atoms with Gasteiger partial charge in [-0.05, 0) is 37.5 Å². The fourth-order valence-electron chi connectivity index (χ4n) is 2.61. The Labute approximate surface area is 130 Å². The Balaban J connectivity index is 1.93. The molecular weight excluding hydrogens is 290 g/mol. The second-order valence-corrected chi connectivity index (χ2v) is 5.73. The molecule has 2 rings (SSSR count). The van der Waals surface area contributed by atoms with Gasteiger partial charge in [0.05, 0.1) is 13.2 Å². The van der Waals surface area contributed by atoms with Crippen molar-refractivity contribution in [1.82, 2.24) is 5.32 Å². The second kappa shape index (κ2) is 7.66. The maximum absolute atomic E-state index is 12.3. The zero-order valence-electron chi connectivity index (χ0n) is 12.5. The van der Waals surface area contributed by atoms with E-state index in [1.807, 2.05) is 12.1 Å². The highest BCUT2D eigenvalue weighted by Gasteiger charge is 2.26. The van der Waals surface area contributed by atoms with Gasteiger partial charge in [0.15, 0.2) is 0 Å². The number of nitrogens with one attached hydrogen (secondary N) is 1. The molecule has 0 bridgehead atoms. The summed E-state index contributed by atoms with van der Waals surface area (Å²) >= 11 is 5.99. The average Bonchev–Trinajstić information content (AvgIpc) is 2.52. The van der Waals surface area contributed by atoms with Crippen molar-refractivity contribution in [2.75, 3.05) is 13.7 Å². The minimum Gasteiger partial charge on any atom is -0.496 e. The normalized spacial score (nSPS) is 21.9. The van der Waals surface area contributed by atoms with Crippen molar-refractivity contribution in [3.63, 3.8) is 0 Å². The van der Waals surface area contributed by atoms with Crippen molar-refractivity contribution in [2.24, 2.45) is 5.92 Å². The van der Waals surface area contributed by atoms with E-state index in [1.165, 1.54) is 0 Å². The lowest BCUT2D eigenvalue weighted by molar-refractivity contribution is -0.130. The van der Waals surface area contributed by atoms with Crippen LogP contribution in [0.3, 0.4) is 0 Å². The van der Waals surface area contributed by atoms with Crippen molar-refractivity contribution in [3.8, 4) is 5.75 Å². The van der Waals surface area contributed by atoms with Crippen molar-refractivity contribution in [1.29, 1.82) is 0 Å². The van der Waals surface area contributed by atoms with E-state index in [1.54, 1.807) is 13.2 Å². The first-order chi connectivity index (χ1) is 10.1. The fourth-order valence-corrected chi connectivity index (χ4v) is 2.81. The quantitative estimate of drug-likeness (QED) is 0.908. The van der Waals surface area contributed by atoms with Gasteiger partial charge < -0.3 is 14.8 Å². The molecule has 2 unspecified atom stereocenters. The van der Waals surface area contributed by atoms with Crippen LogP contribution in [0.2, 0.25) is 5.02 Å². The Hall–Kier alpha value is -1.26. The number of halogens is 1. The molecule has 4 nitrogen and oxygen atoms in total. The van der Waals surface area contributed by atoms with Crippen LogP contribution in [0.5, 0.6) is 5.75 Å². The molecule has 0 spiro atoms. The number of carbonyl (C=O) groups is 1. The second-order valence-electron chi connectivity index (χ2n) is 5.30. The third-order valence-corrected chi connectivity index (χ3v) is 4.12. The molecule has 0 aromatic heterocycles. The van der Waals surface area contributed by atoms with Gasteiger partial charge in [-0.2, -0.15) is 0 Å². The molecule has 1 aliphatic heterocycles. The number of amides is 1. The molecule has 1 aromatic carbocycles. The minimum atomic E-state index is 0.0360. The first kappa shape index (κ1) is 16.1. The number of benzene rings is 1. The maximum atomic E-state index is 12.3. The summed E-state index contributed by atoms with van der Waals surface area (Å²) in [6.07, 6.45) is 2.74. The first-order valence-electron chi connectivity index (χ1n) is 7.35. The molecule has 1 aromatic rings. The summed E-state index contributed by atoms with van der Waals surface area (Å²) < 4.78 is 10.9. The van der Waals surface area contributed by atoms with Crippen molar-refractivity contribution in [3.05, 3.63) is 28.8 Å². The van der Waals surface area contributed by atoms with Gasteiger partial charge in [0.1, 0.15) is 5.75 Å². The summed E-state index contributed by atoms with van der Waals surface area (Å²) in [7, 11) is 1.61. The Kier molecular flexibility index (Phi) is 5.88. The Morgan fingerprint density at radius 3 is 3.05 bits per heavy atom. The molecule has 0 saturated carbocycles. The van der Waals surface area contributed by atoms with E-state index < -0.39 is 0 Å². The van der Waals surface area contributed by atoms with Crippen LogP contribution in [0.25, 0.3) is 0 Å². The zero-order valence-corrected chi connectivity index (χ0v) is 13.3. The van der Waals surface area contributed by atoms with Crippen LogP contribution >= 0.6 is 11.6 Å². The molecular formula is C16H22ClNO3. The molecule has 0 aliphatic carbocycles. The minimum absolute atomic E-state index is 0.0360. The fraction of sp³-hybridized carbons (Fsp3) is 0.562. The first-order valence-corrected chi connectivity index (χ1v) is 7.73. The zero-order chi connectivity index (χ0) is 15.2. The predicted octanol–water partition coefficient (Wildman–Crippen LogP) is 3.17. The Morgan fingerprint density at radius 1 is 1.52 bits per heavy atom. The monoisotopic (exact) mass is 311 g/mol. The number of rotatable bonds is 5. The third kappa shape index (κ3) is 4.35. The van der Waals surface area contributed by atoms with Crippen LogP contribution in [-0.2, 0) is 16.1 Å². The highest BCUT2D eigenvalue weighted by molar-refractivity contribution is 6.30. The van der Waals surface area contributed by atoms with E-state index in [-0.39, 0.29) is 17.9 Å². The van der Waals surface area contributed by atoms with E-state index in [9.17, 15) is 4.79 Å². The molecule has 1 N–H and O–H groups in total. The van der Waals surface area contributed by atoms with Gasteiger partial charge in [-0.15, -0.1) is 0 Å². The maximum Gasteiger partial charge on any atom is 0.223 e. The van der Waals surface area contributed by atoms with E-state index in [0.29, 0.717) is 18.2 Å². The Bertz CT molecular complexity index is 492. The number of hydrogen-bond acceptors (Lipinski definition) is 3.